The second-order valence-electron chi connectivity index (χ2n) is 3.81. The van der Waals surface area contributed by atoms with Crippen LogP contribution in [0.4, 0.5) is 4.39 Å². The molecule has 2 aromatic rings. The Kier molecular flexibility index (Phi) is 4.19. The lowest BCUT2D eigenvalue weighted by Crippen LogP contribution is -2.09. The number of esters is 1. The van der Waals surface area contributed by atoms with Gasteiger partial charge in [-0.1, -0.05) is 0 Å². The number of hydrogen-bond acceptors (Lipinski definition) is 6. The van der Waals surface area contributed by atoms with Crippen molar-refractivity contribution >= 4 is 23.1 Å². The van der Waals surface area contributed by atoms with Crippen molar-refractivity contribution in [2.45, 2.75) is 13.8 Å². The molecular weight excluding hydrogens is 283 g/mol. The molecule has 0 fully saturated rings. The van der Waals surface area contributed by atoms with Crippen LogP contribution in [-0.2, 0) is 4.74 Å². The van der Waals surface area contributed by atoms with E-state index in [2.05, 4.69) is 9.97 Å². The Bertz CT molecular complexity index is 669. The minimum atomic E-state index is -0.698. The maximum Gasteiger partial charge on any atom is 0.358 e. The van der Waals surface area contributed by atoms with E-state index in [1.54, 1.807) is 6.92 Å². The molecule has 0 atom stereocenters. The minimum absolute atomic E-state index is 0.00977. The highest BCUT2D eigenvalue weighted by Gasteiger charge is 2.24. The van der Waals surface area contributed by atoms with Crippen molar-refractivity contribution in [3.8, 4) is 10.7 Å². The molecule has 0 aromatic carbocycles. The van der Waals surface area contributed by atoms with E-state index in [9.17, 15) is 14.0 Å². The van der Waals surface area contributed by atoms with Gasteiger partial charge in [0, 0.05) is 13.1 Å². The summed E-state index contributed by atoms with van der Waals surface area (Å²) in [5.74, 6) is -1.59. The Morgan fingerprint density at radius 3 is 2.80 bits per heavy atom. The molecule has 0 aliphatic rings. The Hall–Kier alpha value is -2.15. The van der Waals surface area contributed by atoms with E-state index in [1.807, 2.05) is 0 Å². The number of nitrogens with zero attached hydrogens (tertiary/aromatic N) is 2. The third-order valence-electron chi connectivity index (χ3n) is 2.38. The first-order valence-corrected chi connectivity index (χ1v) is 6.66. The van der Waals surface area contributed by atoms with Gasteiger partial charge in [-0.3, -0.25) is 9.78 Å². The number of carbonyl (C=O) groups excluding carboxylic acids is 2. The van der Waals surface area contributed by atoms with Crippen LogP contribution in [0.5, 0.6) is 0 Å². The zero-order valence-corrected chi connectivity index (χ0v) is 11.7. The number of Topliss-reactive ketones (excluding diaryl/α,β-unsaturated/α-hetero) is 1. The Morgan fingerprint density at radius 2 is 2.20 bits per heavy atom. The maximum atomic E-state index is 13.7. The molecule has 0 spiro atoms. The summed E-state index contributed by atoms with van der Waals surface area (Å²) in [6.07, 6.45) is 1.41. The predicted molar refractivity (Wildman–Crippen MR) is 71.3 cm³/mol. The molecule has 104 valence electrons. The van der Waals surface area contributed by atoms with E-state index in [1.165, 1.54) is 25.3 Å². The van der Waals surface area contributed by atoms with Gasteiger partial charge < -0.3 is 4.74 Å². The molecule has 0 N–H and O–H groups in total. The van der Waals surface area contributed by atoms with Gasteiger partial charge in [-0.25, -0.2) is 14.2 Å². The van der Waals surface area contributed by atoms with Crippen molar-refractivity contribution in [3.63, 3.8) is 0 Å². The maximum absolute atomic E-state index is 13.7. The lowest BCUT2D eigenvalue weighted by Gasteiger charge is -1.99. The average molecular weight is 294 g/mol. The van der Waals surface area contributed by atoms with Crippen molar-refractivity contribution in [1.29, 1.82) is 0 Å². The van der Waals surface area contributed by atoms with Crippen molar-refractivity contribution in [3.05, 3.63) is 34.7 Å². The number of carbonyl (C=O) groups is 2. The van der Waals surface area contributed by atoms with E-state index in [0.29, 0.717) is 0 Å². The van der Waals surface area contributed by atoms with Gasteiger partial charge in [-0.15, -0.1) is 11.3 Å². The molecule has 7 heteroatoms. The molecule has 0 aliphatic carbocycles. The SMILES string of the molecule is CCOC(=O)c1nc(-c2ncccc2F)sc1C(C)=O. The van der Waals surface area contributed by atoms with Crippen molar-refractivity contribution < 1.29 is 18.7 Å². The first-order chi connectivity index (χ1) is 9.54. The monoisotopic (exact) mass is 294 g/mol. The summed E-state index contributed by atoms with van der Waals surface area (Å²) in [5.41, 5.74) is -0.0834. The molecule has 2 heterocycles. The number of aromatic nitrogens is 2. The van der Waals surface area contributed by atoms with Crippen molar-refractivity contribution in [2.24, 2.45) is 0 Å². The minimum Gasteiger partial charge on any atom is -0.461 e. The van der Waals surface area contributed by atoms with Crippen LogP contribution in [0.15, 0.2) is 18.3 Å². The molecule has 20 heavy (non-hydrogen) atoms. The molecule has 0 bridgehead atoms. The molecular formula is C13H11FN2O3S. The Labute approximate surface area is 118 Å². The first-order valence-electron chi connectivity index (χ1n) is 5.84. The van der Waals surface area contributed by atoms with Crippen molar-refractivity contribution in [2.75, 3.05) is 6.61 Å². The normalized spacial score (nSPS) is 10.3. The zero-order valence-electron chi connectivity index (χ0n) is 10.8. The molecule has 0 saturated heterocycles. The van der Waals surface area contributed by atoms with Crippen LogP contribution < -0.4 is 0 Å². The van der Waals surface area contributed by atoms with Gasteiger partial charge in [0.2, 0.25) is 0 Å². The molecule has 0 unspecified atom stereocenters. The molecule has 0 aliphatic heterocycles. The number of halogens is 1. The molecule has 0 saturated carbocycles. The number of rotatable bonds is 4. The summed E-state index contributed by atoms with van der Waals surface area (Å²) in [7, 11) is 0. The van der Waals surface area contributed by atoms with E-state index < -0.39 is 11.8 Å². The smallest absolute Gasteiger partial charge is 0.358 e. The fourth-order valence-electron chi connectivity index (χ4n) is 1.54. The predicted octanol–water partition coefficient (Wildman–Crippen LogP) is 2.72. The van der Waals surface area contributed by atoms with Crippen molar-refractivity contribution in [1.82, 2.24) is 9.97 Å². The standard InChI is InChI=1S/C13H11FN2O3S/c1-3-19-13(18)10-11(7(2)17)20-12(16-10)9-8(14)5-4-6-15-9/h4-6H,3H2,1-2H3. The molecule has 0 amide bonds. The number of pyridine rings is 1. The van der Waals surface area contributed by atoms with Gasteiger partial charge in [0.1, 0.15) is 15.6 Å². The topological polar surface area (TPSA) is 69.2 Å². The van der Waals surface area contributed by atoms with Crippen LogP contribution in [0.2, 0.25) is 0 Å². The van der Waals surface area contributed by atoms with Crippen LogP contribution in [0.3, 0.4) is 0 Å². The number of ether oxygens (including phenoxy) is 1. The summed E-state index contributed by atoms with van der Waals surface area (Å²) < 4.78 is 18.5. The molecule has 2 rings (SSSR count). The fourth-order valence-corrected chi connectivity index (χ4v) is 2.49. The quantitative estimate of drug-likeness (QED) is 0.640. The van der Waals surface area contributed by atoms with Gasteiger partial charge in [0.05, 0.1) is 6.61 Å². The van der Waals surface area contributed by atoms with Gasteiger partial charge in [-0.2, -0.15) is 0 Å². The highest BCUT2D eigenvalue weighted by molar-refractivity contribution is 7.17. The summed E-state index contributed by atoms with van der Waals surface area (Å²) in [6, 6.07) is 2.69. The number of hydrogen-bond donors (Lipinski definition) is 0. The lowest BCUT2D eigenvalue weighted by molar-refractivity contribution is 0.0517. The van der Waals surface area contributed by atoms with Gasteiger partial charge >= 0.3 is 5.97 Å². The first kappa shape index (κ1) is 14.3. The van der Waals surface area contributed by atoms with E-state index in [4.69, 9.17) is 4.74 Å². The number of thiazole rings is 1. The second kappa shape index (κ2) is 5.87. The van der Waals surface area contributed by atoms with Gasteiger partial charge in [0.15, 0.2) is 17.3 Å². The highest BCUT2D eigenvalue weighted by atomic mass is 32.1. The van der Waals surface area contributed by atoms with Crippen LogP contribution in [0.25, 0.3) is 10.7 Å². The fraction of sp³-hybridized carbons (Fsp3) is 0.231. The van der Waals surface area contributed by atoms with Gasteiger partial charge in [-0.05, 0) is 19.1 Å². The largest absolute Gasteiger partial charge is 0.461 e. The average Bonchev–Trinajstić information content (AvgIpc) is 2.84. The summed E-state index contributed by atoms with van der Waals surface area (Å²) in [4.78, 5) is 31.3. The van der Waals surface area contributed by atoms with Crippen LogP contribution >= 0.6 is 11.3 Å². The van der Waals surface area contributed by atoms with E-state index in [0.717, 1.165) is 11.3 Å². The third-order valence-corrected chi connectivity index (χ3v) is 3.54. The van der Waals surface area contributed by atoms with E-state index in [-0.39, 0.29) is 33.7 Å². The molecule has 2 aromatic heterocycles. The summed E-state index contributed by atoms with van der Waals surface area (Å²) in [6.45, 7) is 3.13. The number of ketones is 1. The highest BCUT2D eigenvalue weighted by Crippen LogP contribution is 2.29. The zero-order chi connectivity index (χ0) is 14.7. The van der Waals surface area contributed by atoms with Crippen LogP contribution in [-0.4, -0.2) is 28.3 Å². The van der Waals surface area contributed by atoms with Crippen LogP contribution in [0, 0.1) is 5.82 Å². The Morgan fingerprint density at radius 1 is 1.45 bits per heavy atom. The Balaban J connectivity index is 2.53. The molecule has 5 nitrogen and oxygen atoms in total. The second-order valence-corrected chi connectivity index (χ2v) is 4.81. The third kappa shape index (κ3) is 2.72. The lowest BCUT2D eigenvalue weighted by atomic mass is 10.3. The summed E-state index contributed by atoms with van der Waals surface area (Å²) in [5, 5.41) is 0.177. The van der Waals surface area contributed by atoms with E-state index >= 15 is 0 Å². The van der Waals surface area contributed by atoms with Gasteiger partial charge in [0.25, 0.3) is 0 Å². The van der Waals surface area contributed by atoms with Crippen LogP contribution in [0.1, 0.15) is 34.0 Å². The molecule has 0 radical (unpaired) electrons. The summed E-state index contributed by atoms with van der Waals surface area (Å²) >= 11 is 0.925.